The van der Waals surface area contributed by atoms with E-state index in [9.17, 15) is 9.59 Å². The van der Waals surface area contributed by atoms with Crippen LogP contribution in [0.15, 0.2) is 0 Å². The Balaban J connectivity index is 0. The second kappa shape index (κ2) is 40.9. The first kappa shape index (κ1) is 49.6. The van der Waals surface area contributed by atoms with Crippen LogP contribution in [0.25, 0.3) is 0 Å². The number of nitrogens with one attached hydrogen (secondary N) is 4. The molecular formula is C41H84ClN5O2. The van der Waals surface area contributed by atoms with Gasteiger partial charge in [-0.1, -0.05) is 187 Å². The summed E-state index contributed by atoms with van der Waals surface area (Å²) in [6.45, 7) is 5.82. The van der Waals surface area contributed by atoms with Crippen molar-refractivity contribution < 1.29 is 9.59 Å². The van der Waals surface area contributed by atoms with Gasteiger partial charge in [0.05, 0.1) is 0 Å². The van der Waals surface area contributed by atoms with Gasteiger partial charge in [0, 0.05) is 19.5 Å². The quantitative estimate of drug-likeness (QED) is 0.0248. The molecule has 0 saturated heterocycles. The molecule has 6 N–H and O–H groups in total. The molecule has 2 amide bonds. The summed E-state index contributed by atoms with van der Waals surface area (Å²) in [5, 5.41) is 16.2. The Morgan fingerprint density at radius 3 is 1.20 bits per heavy atom. The Labute approximate surface area is 310 Å². The fraction of sp³-hybridized carbons (Fsp3) is 0.927. The highest BCUT2D eigenvalue weighted by Crippen LogP contribution is 2.15. The first-order valence-electron chi connectivity index (χ1n) is 21.2. The van der Waals surface area contributed by atoms with E-state index in [1.54, 1.807) is 0 Å². The number of nitrogens with two attached hydrogens (primary N) is 1. The molecule has 0 aromatic heterocycles. The monoisotopic (exact) mass is 714 g/mol. The van der Waals surface area contributed by atoms with Crippen molar-refractivity contribution in [2.24, 2.45) is 5.73 Å². The van der Waals surface area contributed by atoms with E-state index in [0.29, 0.717) is 25.9 Å². The summed E-state index contributed by atoms with van der Waals surface area (Å²) in [7, 11) is 0. The van der Waals surface area contributed by atoms with Gasteiger partial charge >= 0.3 is 0 Å². The molecule has 1 atom stereocenters. The van der Waals surface area contributed by atoms with Crippen molar-refractivity contribution in [3.63, 3.8) is 0 Å². The van der Waals surface area contributed by atoms with E-state index in [0.717, 1.165) is 38.5 Å². The molecule has 0 aliphatic heterocycles. The van der Waals surface area contributed by atoms with E-state index in [1.807, 2.05) is 0 Å². The summed E-state index contributed by atoms with van der Waals surface area (Å²) < 4.78 is 0. The van der Waals surface area contributed by atoms with Crippen LogP contribution < -0.4 is 21.7 Å². The molecule has 8 heteroatoms. The van der Waals surface area contributed by atoms with E-state index in [4.69, 9.17) is 11.1 Å². The summed E-state index contributed by atoms with van der Waals surface area (Å²) in [6.07, 6.45) is 40.8. The maximum absolute atomic E-state index is 13.0. The second-order valence-electron chi connectivity index (χ2n) is 14.5. The maximum atomic E-state index is 13.0. The minimum Gasteiger partial charge on any atom is -0.370 e. The van der Waals surface area contributed by atoms with Crippen LogP contribution in [-0.2, 0) is 9.59 Å². The molecule has 0 aromatic carbocycles. The van der Waals surface area contributed by atoms with Crippen LogP contribution in [0.5, 0.6) is 0 Å². The third-order valence-electron chi connectivity index (χ3n) is 9.72. The number of halogens is 1. The van der Waals surface area contributed by atoms with E-state index in [-0.39, 0.29) is 30.2 Å². The standard InChI is InChI=1S/C41H83N5O2.ClH/c1-3-5-7-9-11-13-15-16-17-18-19-20-21-22-23-24-26-28-30-35-39(47)46-38(34-31-33-37-45-41(42)43)40(48)44-36-32-29-27-25-14-12-10-8-6-4-2;/h38H,3-37H2,1-2H3,(H,44,48)(H,46,47)(H4,42,43,45);1H. The molecule has 0 aliphatic rings. The maximum Gasteiger partial charge on any atom is 0.242 e. The molecule has 0 rings (SSSR count). The van der Waals surface area contributed by atoms with Gasteiger partial charge in [-0.2, -0.15) is 0 Å². The lowest BCUT2D eigenvalue weighted by molar-refractivity contribution is -0.129. The zero-order valence-corrected chi connectivity index (χ0v) is 33.4. The summed E-state index contributed by atoms with van der Waals surface area (Å²) in [5.41, 5.74) is 5.37. The van der Waals surface area contributed by atoms with Gasteiger partial charge in [-0.05, 0) is 32.1 Å². The molecule has 0 radical (unpaired) electrons. The van der Waals surface area contributed by atoms with E-state index >= 15 is 0 Å². The summed E-state index contributed by atoms with van der Waals surface area (Å²) in [5.74, 6) is -0.108. The van der Waals surface area contributed by atoms with Crippen LogP contribution in [0, 0.1) is 5.41 Å². The number of hydrogen-bond donors (Lipinski definition) is 5. The zero-order valence-electron chi connectivity index (χ0n) is 32.6. The SMILES string of the molecule is CCCCCCCCCCCCCCCCCCCCCC(=O)NC(CCCCNC(=N)N)C(=O)NCCCCCCCCCCCC.Cl. The molecule has 0 bridgehead atoms. The topological polar surface area (TPSA) is 120 Å². The van der Waals surface area contributed by atoms with Gasteiger partial charge in [-0.15, -0.1) is 12.4 Å². The Morgan fingerprint density at radius 2 is 0.816 bits per heavy atom. The zero-order chi connectivity index (χ0) is 35.2. The first-order valence-corrected chi connectivity index (χ1v) is 21.2. The van der Waals surface area contributed by atoms with Crippen LogP contribution in [0.1, 0.15) is 226 Å². The molecule has 0 fully saturated rings. The van der Waals surface area contributed by atoms with Gasteiger partial charge in [-0.3, -0.25) is 15.0 Å². The largest absolute Gasteiger partial charge is 0.370 e. The number of carbonyl (C=O) groups is 2. The highest BCUT2D eigenvalue weighted by atomic mass is 35.5. The molecule has 1 unspecified atom stereocenters. The van der Waals surface area contributed by atoms with Gasteiger partial charge in [0.1, 0.15) is 6.04 Å². The summed E-state index contributed by atoms with van der Waals surface area (Å²) in [6, 6.07) is -0.488. The van der Waals surface area contributed by atoms with Crippen molar-refractivity contribution in [1.29, 1.82) is 5.41 Å². The predicted octanol–water partition coefficient (Wildman–Crippen LogP) is 11.4. The molecule has 0 saturated carbocycles. The lowest BCUT2D eigenvalue weighted by atomic mass is 10.0. The van der Waals surface area contributed by atoms with Crippen LogP contribution in [-0.4, -0.2) is 36.9 Å². The Bertz CT molecular complexity index is 724. The van der Waals surface area contributed by atoms with Crippen LogP contribution in [0.4, 0.5) is 0 Å². The van der Waals surface area contributed by atoms with E-state index < -0.39 is 6.04 Å². The third kappa shape index (κ3) is 39.1. The van der Waals surface area contributed by atoms with E-state index in [1.165, 1.54) is 161 Å². The van der Waals surface area contributed by atoms with Crippen molar-refractivity contribution >= 4 is 30.2 Å². The fourth-order valence-electron chi connectivity index (χ4n) is 6.54. The molecule has 49 heavy (non-hydrogen) atoms. The minimum absolute atomic E-state index is 0. The van der Waals surface area contributed by atoms with Gasteiger partial charge in [-0.25, -0.2) is 0 Å². The molecular weight excluding hydrogens is 630 g/mol. The van der Waals surface area contributed by atoms with Crippen molar-refractivity contribution in [3.05, 3.63) is 0 Å². The van der Waals surface area contributed by atoms with Gasteiger partial charge in [0.2, 0.25) is 11.8 Å². The fourth-order valence-corrected chi connectivity index (χ4v) is 6.54. The van der Waals surface area contributed by atoms with Gasteiger partial charge < -0.3 is 21.7 Å². The van der Waals surface area contributed by atoms with Gasteiger partial charge in [0.15, 0.2) is 5.96 Å². The molecule has 0 aliphatic carbocycles. The number of carbonyl (C=O) groups excluding carboxylic acids is 2. The molecule has 0 spiro atoms. The predicted molar refractivity (Wildman–Crippen MR) is 216 cm³/mol. The van der Waals surface area contributed by atoms with Crippen molar-refractivity contribution in [2.75, 3.05) is 13.1 Å². The number of hydrogen-bond acceptors (Lipinski definition) is 3. The van der Waals surface area contributed by atoms with Crippen LogP contribution >= 0.6 is 12.4 Å². The van der Waals surface area contributed by atoms with Crippen molar-refractivity contribution in [2.45, 2.75) is 232 Å². The Hall–Kier alpha value is -1.50. The molecule has 292 valence electrons. The average Bonchev–Trinajstić information content (AvgIpc) is 3.07. The highest BCUT2D eigenvalue weighted by Gasteiger charge is 2.20. The minimum atomic E-state index is -0.488. The lowest BCUT2D eigenvalue weighted by Gasteiger charge is -2.19. The number of unbranched alkanes of at least 4 members (excludes halogenated alkanes) is 28. The number of rotatable bonds is 38. The normalized spacial score (nSPS) is 11.6. The second-order valence-corrected chi connectivity index (χ2v) is 14.5. The third-order valence-corrected chi connectivity index (χ3v) is 9.72. The molecule has 0 aromatic rings. The Kier molecular flexibility index (Phi) is 41.4. The molecule has 0 heterocycles. The number of guanidine groups is 1. The average molecular weight is 715 g/mol. The summed E-state index contributed by atoms with van der Waals surface area (Å²) >= 11 is 0. The smallest absolute Gasteiger partial charge is 0.242 e. The van der Waals surface area contributed by atoms with Crippen molar-refractivity contribution in [3.8, 4) is 0 Å². The van der Waals surface area contributed by atoms with Crippen LogP contribution in [0.2, 0.25) is 0 Å². The van der Waals surface area contributed by atoms with Crippen LogP contribution in [0.3, 0.4) is 0 Å². The first-order chi connectivity index (χ1) is 23.5. The summed E-state index contributed by atoms with van der Waals surface area (Å²) in [4.78, 5) is 25.7. The highest BCUT2D eigenvalue weighted by molar-refractivity contribution is 5.87. The van der Waals surface area contributed by atoms with Crippen molar-refractivity contribution in [1.82, 2.24) is 16.0 Å². The Morgan fingerprint density at radius 1 is 0.490 bits per heavy atom. The molecule has 7 nitrogen and oxygen atoms in total. The number of amides is 2. The van der Waals surface area contributed by atoms with E-state index in [2.05, 4.69) is 29.8 Å². The van der Waals surface area contributed by atoms with Gasteiger partial charge in [0.25, 0.3) is 0 Å². The lowest BCUT2D eigenvalue weighted by Crippen LogP contribution is -2.47.